The van der Waals surface area contributed by atoms with Gasteiger partial charge in [0.2, 0.25) is 0 Å². The van der Waals surface area contributed by atoms with E-state index in [-0.39, 0.29) is 13.3 Å². The molecule has 0 aromatic heterocycles. The van der Waals surface area contributed by atoms with Crippen molar-refractivity contribution < 1.29 is 14.7 Å². The van der Waals surface area contributed by atoms with Crippen LogP contribution in [0.1, 0.15) is 15.9 Å². The molecule has 0 spiro atoms. The van der Waals surface area contributed by atoms with Crippen molar-refractivity contribution in [1.82, 2.24) is 15.7 Å². The summed E-state index contributed by atoms with van der Waals surface area (Å²) < 4.78 is 0. The van der Waals surface area contributed by atoms with E-state index in [0.717, 1.165) is 10.6 Å². The number of rotatable bonds is 4. The fourth-order valence-corrected chi connectivity index (χ4v) is 1.65. The lowest BCUT2D eigenvalue weighted by molar-refractivity contribution is -0.135. The summed E-state index contributed by atoms with van der Waals surface area (Å²) in [5.74, 6) is -0.962. The smallest absolute Gasteiger partial charge is 0.322 e. The molecule has 1 aromatic rings. The van der Waals surface area contributed by atoms with E-state index in [1.54, 1.807) is 24.3 Å². The van der Waals surface area contributed by atoms with Crippen LogP contribution in [-0.2, 0) is 4.79 Å². The zero-order valence-corrected chi connectivity index (χ0v) is 10.5. The molecule has 0 fully saturated rings. The van der Waals surface area contributed by atoms with Gasteiger partial charge < -0.3 is 26.0 Å². The minimum atomic E-state index is -1.10. The SMILES string of the molecule is O=C(O)CNC(=O)c1ccc(C2=NCN([O-])CN2)cc1. The van der Waals surface area contributed by atoms with Crippen LogP contribution in [0.15, 0.2) is 29.3 Å². The van der Waals surface area contributed by atoms with Gasteiger partial charge in [-0.3, -0.25) is 14.6 Å². The van der Waals surface area contributed by atoms with Crippen LogP contribution < -0.4 is 10.6 Å². The minimum Gasteiger partial charge on any atom is -0.783 e. The Bertz CT molecular complexity index is 541. The Kier molecular flexibility index (Phi) is 4.28. The van der Waals surface area contributed by atoms with E-state index in [9.17, 15) is 14.8 Å². The molecule has 0 unspecified atom stereocenters. The molecule has 0 atom stereocenters. The summed E-state index contributed by atoms with van der Waals surface area (Å²) in [5.41, 5.74) is 1.12. The van der Waals surface area contributed by atoms with Crippen molar-refractivity contribution in [2.24, 2.45) is 4.99 Å². The van der Waals surface area contributed by atoms with E-state index in [0.29, 0.717) is 11.4 Å². The van der Waals surface area contributed by atoms with E-state index in [2.05, 4.69) is 15.6 Å². The highest BCUT2D eigenvalue weighted by Crippen LogP contribution is 2.07. The first kappa shape index (κ1) is 14.0. The number of hydrogen-bond acceptors (Lipinski definition) is 6. The van der Waals surface area contributed by atoms with Gasteiger partial charge in [-0.25, -0.2) is 0 Å². The fourth-order valence-electron chi connectivity index (χ4n) is 1.65. The van der Waals surface area contributed by atoms with Gasteiger partial charge in [-0.05, 0) is 12.1 Å². The second-order valence-corrected chi connectivity index (χ2v) is 4.12. The molecule has 1 aromatic carbocycles. The lowest BCUT2D eigenvalue weighted by Crippen LogP contribution is -2.40. The molecule has 0 radical (unpaired) electrons. The number of carbonyl (C=O) groups excluding carboxylic acids is 1. The lowest BCUT2D eigenvalue weighted by Gasteiger charge is -2.31. The summed E-state index contributed by atoms with van der Waals surface area (Å²) in [4.78, 5) is 26.0. The number of carboxylic acids is 1. The summed E-state index contributed by atoms with van der Waals surface area (Å²) in [6, 6.07) is 6.50. The summed E-state index contributed by atoms with van der Waals surface area (Å²) in [7, 11) is 0. The Morgan fingerprint density at radius 3 is 2.65 bits per heavy atom. The summed E-state index contributed by atoms with van der Waals surface area (Å²) in [6.45, 7) is -0.183. The predicted octanol–water partition coefficient (Wildman–Crippen LogP) is -0.434. The van der Waals surface area contributed by atoms with Crippen LogP contribution in [0.5, 0.6) is 0 Å². The monoisotopic (exact) mass is 277 g/mol. The average Bonchev–Trinajstić information content (AvgIpc) is 2.46. The van der Waals surface area contributed by atoms with Gasteiger partial charge in [0.15, 0.2) is 0 Å². The first-order chi connectivity index (χ1) is 9.56. The molecule has 0 saturated carbocycles. The van der Waals surface area contributed by atoms with Crippen molar-refractivity contribution in [2.75, 3.05) is 19.9 Å². The van der Waals surface area contributed by atoms with E-state index in [1.807, 2.05) is 0 Å². The highest BCUT2D eigenvalue weighted by molar-refractivity contribution is 6.01. The Hall–Kier alpha value is -2.45. The van der Waals surface area contributed by atoms with Crippen LogP contribution in [0.3, 0.4) is 0 Å². The molecule has 106 valence electrons. The van der Waals surface area contributed by atoms with Crippen LogP contribution in [0, 0.1) is 5.21 Å². The molecule has 0 bridgehead atoms. The maximum absolute atomic E-state index is 11.6. The number of aliphatic imine (C=N–C) groups is 1. The highest BCUT2D eigenvalue weighted by Gasteiger charge is 2.10. The number of hydroxylamine groups is 2. The van der Waals surface area contributed by atoms with Crippen LogP contribution in [0.2, 0.25) is 0 Å². The van der Waals surface area contributed by atoms with Crippen LogP contribution in [-0.4, -0.2) is 47.8 Å². The number of nitrogens with one attached hydrogen (secondary N) is 2. The topological polar surface area (TPSA) is 117 Å². The number of aliphatic carboxylic acids is 1. The maximum Gasteiger partial charge on any atom is 0.322 e. The van der Waals surface area contributed by atoms with Crippen molar-refractivity contribution in [1.29, 1.82) is 0 Å². The van der Waals surface area contributed by atoms with Gasteiger partial charge in [-0.1, -0.05) is 12.1 Å². The highest BCUT2D eigenvalue weighted by atomic mass is 16.5. The van der Waals surface area contributed by atoms with Gasteiger partial charge in [0.25, 0.3) is 5.91 Å². The predicted molar refractivity (Wildman–Crippen MR) is 71.0 cm³/mol. The third kappa shape index (κ3) is 3.53. The third-order valence-electron chi connectivity index (χ3n) is 2.63. The summed E-state index contributed by atoms with van der Waals surface area (Å²) >= 11 is 0. The van der Waals surface area contributed by atoms with Gasteiger partial charge in [0.1, 0.15) is 12.4 Å². The molecular formula is C12H13N4O4-. The number of hydrogen-bond donors (Lipinski definition) is 3. The zero-order valence-electron chi connectivity index (χ0n) is 10.5. The van der Waals surface area contributed by atoms with Crippen molar-refractivity contribution >= 4 is 17.7 Å². The first-order valence-electron chi connectivity index (χ1n) is 5.87. The number of carboxylic acid groups (broad SMARTS) is 1. The third-order valence-corrected chi connectivity index (χ3v) is 2.63. The van der Waals surface area contributed by atoms with E-state index in [4.69, 9.17) is 5.11 Å². The normalized spacial score (nSPS) is 15.2. The molecule has 1 aliphatic rings. The standard InChI is InChI=1S/C12H13N4O4/c17-10(18)5-13-12(19)9-3-1-8(2-4-9)11-14-6-16(20)7-15-11/h1-4H,5-7H2,(H,13,19)(H,14,15)(H,17,18)/q-1. The molecular weight excluding hydrogens is 264 g/mol. The van der Waals surface area contributed by atoms with Gasteiger partial charge in [0.05, 0.1) is 13.3 Å². The van der Waals surface area contributed by atoms with Crippen molar-refractivity contribution in [2.45, 2.75) is 0 Å². The molecule has 3 N–H and O–H groups in total. The number of amides is 1. The Morgan fingerprint density at radius 1 is 1.40 bits per heavy atom. The van der Waals surface area contributed by atoms with Crippen LogP contribution in [0.4, 0.5) is 0 Å². The van der Waals surface area contributed by atoms with Crippen molar-refractivity contribution in [3.05, 3.63) is 40.6 Å². The van der Waals surface area contributed by atoms with E-state index < -0.39 is 18.4 Å². The van der Waals surface area contributed by atoms with Gasteiger partial charge >= 0.3 is 5.97 Å². The van der Waals surface area contributed by atoms with Crippen LogP contribution in [0.25, 0.3) is 0 Å². The molecule has 0 saturated heterocycles. The number of nitrogens with zero attached hydrogens (tertiary/aromatic N) is 2. The molecule has 0 aliphatic carbocycles. The number of carbonyl (C=O) groups is 2. The Balaban J connectivity index is 2.03. The number of amidine groups is 1. The lowest BCUT2D eigenvalue weighted by atomic mass is 10.1. The molecule has 8 heteroatoms. The number of benzene rings is 1. The zero-order chi connectivity index (χ0) is 14.5. The van der Waals surface area contributed by atoms with Gasteiger partial charge in [-0.15, -0.1) is 0 Å². The van der Waals surface area contributed by atoms with Crippen LogP contribution >= 0.6 is 0 Å². The van der Waals surface area contributed by atoms with E-state index >= 15 is 0 Å². The quantitative estimate of drug-likeness (QED) is 0.687. The second kappa shape index (κ2) is 6.13. The van der Waals surface area contributed by atoms with Crippen molar-refractivity contribution in [3.8, 4) is 0 Å². The molecule has 8 nitrogen and oxygen atoms in total. The Labute approximate surface area is 114 Å². The van der Waals surface area contributed by atoms with Gasteiger partial charge in [0, 0.05) is 11.1 Å². The molecule has 1 amide bonds. The maximum atomic E-state index is 11.6. The summed E-state index contributed by atoms with van der Waals surface area (Å²) in [5, 5.41) is 25.3. The molecule has 1 heterocycles. The molecule has 20 heavy (non-hydrogen) atoms. The fraction of sp³-hybridized carbons (Fsp3) is 0.250. The largest absolute Gasteiger partial charge is 0.783 e. The summed E-state index contributed by atoms with van der Waals surface area (Å²) in [6.07, 6.45) is 0. The average molecular weight is 277 g/mol. The minimum absolute atomic E-state index is 0.0726. The van der Waals surface area contributed by atoms with Crippen molar-refractivity contribution in [3.63, 3.8) is 0 Å². The molecule has 1 aliphatic heterocycles. The van der Waals surface area contributed by atoms with Gasteiger partial charge in [-0.2, -0.15) is 0 Å². The first-order valence-corrected chi connectivity index (χ1v) is 5.87. The van der Waals surface area contributed by atoms with E-state index in [1.165, 1.54) is 0 Å². The second-order valence-electron chi connectivity index (χ2n) is 4.12. The Morgan fingerprint density at radius 2 is 2.10 bits per heavy atom. The molecule has 2 rings (SSSR count).